The maximum absolute atomic E-state index is 9.10. The summed E-state index contributed by atoms with van der Waals surface area (Å²) in [6.07, 6.45) is 1.81. The van der Waals surface area contributed by atoms with Crippen LogP contribution in [0.3, 0.4) is 0 Å². The van der Waals surface area contributed by atoms with Crippen molar-refractivity contribution >= 4 is 10.9 Å². The normalized spacial score (nSPS) is 9.79. The molecule has 1 heterocycles. The number of para-hydroxylation sites is 1. The summed E-state index contributed by atoms with van der Waals surface area (Å²) in [5, 5.41) is 10.3. The quantitative estimate of drug-likeness (QED) is 0.648. The fourth-order valence-electron chi connectivity index (χ4n) is 1.75. The van der Waals surface area contributed by atoms with E-state index in [2.05, 4.69) is 17.1 Å². The first-order chi connectivity index (χ1) is 9.18. The second-order valence-corrected chi connectivity index (χ2v) is 4.42. The minimum Gasteiger partial charge on any atom is -0.508 e. The van der Waals surface area contributed by atoms with Gasteiger partial charge in [-0.15, -0.1) is 0 Å². The van der Waals surface area contributed by atoms with Crippen LogP contribution >= 0.6 is 0 Å². The molecule has 3 rings (SSSR count). The molecule has 0 saturated carbocycles. The van der Waals surface area contributed by atoms with Gasteiger partial charge < -0.3 is 5.11 Å². The highest BCUT2D eigenvalue weighted by molar-refractivity contribution is 5.77. The molecule has 0 atom stereocenters. The van der Waals surface area contributed by atoms with Gasteiger partial charge >= 0.3 is 0 Å². The van der Waals surface area contributed by atoms with Crippen LogP contribution in [-0.2, 0) is 0 Å². The molecule has 0 radical (unpaired) electrons. The Bertz CT molecular complexity index is 591. The molecule has 0 bridgehead atoms. The average Bonchev–Trinajstić information content (AvgIpc) is 2.45. The maximum atomic E-state index is 9.10. The molecular formula is C17H17NO. The van der Waals surface area contributed by atoms with Crippen LogP contribution < -0.4 is 0 Å². The zero-order chi connectivity index (χ0) is 13.7. The minimum absolute atomic E-state index is 0.384. The van der Waals surface area contributed by atoms with Crippen LogP contribution in [0.15, 0.2) is 60.8 Å². The molecular weight excluding hydrogens is 234 g/mol. The number of rotatable bonds is 0. The molecule has 0 spiro atoms. The number of hydrogen-bond donors (Lipinski definition) is 1. The number of fused-ring (bicyclic) bond motifs is 1. The summed E-state index contributed by atoms with van der Waals surface area (Å²) in [7, 11) is 0. The minimum atomic E-state index is 0.384. The van der Waals surface area contributed by atoms with Gasteiger partial charge in [-0.25, -0.2) is 0 Å². The Morgan fingerprint density at radius 1 is 0.842 bits per heavy atom. The molecule has 0 amide bonds. The molecule has 0 aliphatic carbocycles. The lowest BCUT2D eigenvalue weighted by molar-refractivity contribution is 0.470. The van der Waals surface area contributed by atoms with Crippen LogP contribution in [0, 0.1) is 13.8 Å². The standard InChI is InChI=1S/C9H7N.C8H10O/c1-2-6-9-8(4-1)5-3-7-10-9;1-6-4-3-5-8(9)7(6)2/h1-7H;3-5,9H,1-2H3. The lowest BCUT2D eigenvalue weighted by atomic mass is 10.1. The van der Waals surface area contributed by atoms with Crippen molar-refractivity contribution in [2.45, 2.75) is 13.8 Å². The van der Waals surface area contributed by atoms with Crippen LogP contribution in [0.1, 0.15) is 11.1 Å². The van der Waals surface area contributed by atoms with Gasteiger partial charge in [-0.3, -0.25) is 4.98 Å². The molecule has 3 aromatic rings. The Labute approximate surface area is 113 Å². The third kappa shape index (κ3) is 3.32. The largest absolute Gasteiger partial charge is 0.508 e. The highest BCUT2D eigenvalue weighted by atomic mass is 16.3. The van der Waals surface area contributed by atoms with E-state index in [-0.39, 0.29) is 0 Å². The van der Waals surface area contributed by atoms with Gasteiger partial charge in [0.05, 0.1) is 5.52 Å². The van der Waals surface area contributed by atoms with E-state index in [0.717, 1.165) is 16.6 Å². The number of pyridine rings is 1. The van der Waals surface area contributed by atoms with E-state index in [1.807, 2.05) is 56.4 Å². The van der Waals surface area contributed by atoms with Crippen molar-refractivity contribution in [3.8, 4) is 5.75 Å². The average molecular weight is 251 g/mol. The molecule has 0 saturated heterocycles. The van der Waals surface area contributed by atoms with Crippen molar-refractivity contribution in [2.24, 2.45) is 0 Å². The molecule has 0 aliphatic heterocycles. The summed E-state index contributed by atoms with van der Waals surface area (Å²) in [6.45, 7) is 3.89. The van der Waals surface area contributed by atoms with Crippen molar-refractivity contribution in [1.29, 1.82) is 0 Å². The number of hydrogen-bond acceptors (Lipinski definition) is 2. The Kier molecular flexibility index (Phi) is 4.14. The third-order valence-electron chi connectivity index (χ3n) is 3.09. The van der Waals surface area contributed by atoms with Crippen LogP contribution in [-0.4, -0.2) is 10.1 Å². The molecule has 2 nitrogen and oxygen atoms in total. The first-order valence-corrected chi connectivity index (χ1v) is 6.23. The van der Waals surface area contributed by atoms with Gasteiger partial charge in [-0.2, -0.15) is 0 Å². The van der Waals surface area contributed by atoms with Crippen molar-refractivity contribution in [3.63, 3.8) is 0 Å². The highest BCUT2D eigenvalue weighted by Crippen LogP contribution is 2.17. The summed E-state index contributed by atoms with van der Waals surface area (Å²) in [5.74, 6) is 0.384. The fraction of sp³-hybridized carbons (Fsp3) is 0.118. The summed E-state index contributed by atoms with van der Waals surface area (Å²) in [4.78, 5) is 4.18. The Balaban J connectivity index is 0.000000141. The highest BCUT2D eigenvalue weighted by Gasteiger charge is 1.94. The van der Waals surface area contributed by atoms with E-state index in [4.69, 9.17) is 5.11 Å². The SMILES string of the molecule is Cc1cccc(O)c1C.c1ccc2ncccc2c1. The smallest absolute Gasteiger partial charge is 0.118 e. The molecule has 2 aromatic carbocycles. The number of benzene rings is 2. The van der Waals surface area contributed by atoms with Crippen molar-refractivity contribution < 1.29 is 5.11 Å². The van der Waals surface area contributed by atoms with Gasteiger partial charge in [0.1, 0.15) is 5.75 Å². The Morgan fingerprint density at radius 3 is 2.26 bits per heavy atom. The van der Waals surface area contributed by atoms with Crippen molar-refractivity contribution in [2.75, 3.05) is 0 Å². The number of aromatic hydroxyl groups is 1. The lowest BCUT2D eigenvalue weighted by Gasteiger charge is -1.99. The molecule has 1 N–H and O–H groups in total. The predicted molar refractivity (Wildman–Crippen MR) is 79.3 cm³/mol. The van der Waals surface area contributed by atoms with Gasteiger partial charge in [0.2, 0.25) is 0 Å². The van der Waals surface area contributed by atoms with Gasteiger partial charge in [0, 0.05) is 11.6 Å². The van der Waals surface area contributed by atoms with Crippen LogP contribution in [0.2, 0.25) is 0 Å². The van der Waals surface area contributed by atoms with E-state index in [1.165, 1.54) is 5.39 Å². The van der Waals surface area contributed by atoms with Gasteiger partial charge in [-0.05, 0) is 43.2 Å². The van der Waals surface area contributed by atoms with Crippen LogP contribution in [0.5, 0.6) is 5.75 Å². The summed E-state index contributed by atoms with van der Waals surface area (Å²) >= 11 is 0. The molecule has 0 aliphatic rings. The first-order valence-electron chi connectivity index (χ1n) is 6.23. The van der Waals surface area contributed by atoms with Crippen molar-refractivity contribution in [3.05, 3.63) is 71.9 Å². The third-order valence-corrected chi connectivity index (χ3v) is 3.09. The van der Waals surface area contributed by atoms with Gasteiger partial charge in [-0.1, -0.05) is 36.4 Å². The number of nitrogens with zero attached hydrogens (tertiary/aromatic N) is 1. The topological polar surface area (TPSA) is 33.1 Å². The molecule has 0 unspecified atom stereocenters. The number of aromatic nitrogens is 1. The van der Waals surface area contributed by atoms with E-state index in [0.29, 0.717) is 5.75 Å². The number of phenolic OH excluding ortho intramolecular Hbond substituents is 1. The zero-order valence-corrected chi connectivity index (χ0v) is 11.2. The molecule has 96 valence electrons. The summed E-state index contributed by atoms with van der Waals surface area (Å²) < 4.78 is 0. The number of aryl methyl sites for hydroxylation is 1. The molecule has 1 aromatic heterocycles. The maximum Gasteiger partial charge on any atom is 0.118 e. The number of phenols is 1. The van der Waals surface area contributed by atoms with Crippen molar-refractivity contribution in [1.82, 2.24) is 4.98 Å². The van der Waals surface area contributed by atoms with E-state index in [1.54, 1.807) is 6.07 Å². The molecule has 0 fully saturated rings. The Morgan fingerprint density at radius 2 is 1.58 bits per heavy atom. The fourth-order valence-corrected chi connectivity index (χ4v) is 1.75. The van der Waals surface area contributed by atoms with Crippen LogP contribution in [0.25, 0.3) is 10.9 Å². The van der Waals surface area contributed by atoms with E-state index in [9.17, 15) is 0 Å². The van der Waals surface area contributed by atoms with Gasteiger partial charge in [0.15, 0.2) is 0 Å². The summed E-state index contributed by atoms with van der Waals surface area (Å²) in [6, 6.07) is 17.6. The Hall–Kier alpha value is -2.35. The lowest BCUT2D eigenvalue weighted by Crippen LogP contribution is -1.78. The molecule has 19 heavy (non-hydrogen) atoms. The molecule has 2 heteroatoms. The summed E-state index contributed by atoms with van der Waals surface area (Å²) in [5.41, 5.74) is 3.16. The zero-order valence-electron chi connectivity index (χ0n) is 11.2. The first kappa shape index (κ1) is 13.1. The monoisotopic (exact) mass is 251 g/mol. The van der Waals surface area contributed by atoms with Gasteiger partial charge in [0.25, 0.3) is 0 Å². The predicted octanol–water partition coefficient (Wildman–Crippen LogP) is 4.24. The van der Waals surface area contributed by atoms with E-state index < -0.39 is 0 Å². The second kappa shape index (κ2) is 6.01. The second-order valence-electron chi connectivity index (χ2n) is 4.42. The van der Waals surface area contributed by atoms with E-state index >= 15 is 0 Å². The van der Waals surface area contributed by atoms with Crippen LogP contribution in [0.4, 0.5) is 0 Å².